The number of aliphatic hydroxyl groups is 2. The largest absolute Gasteiger partial charge is 0.507 e. The summed E-state index contributed by atoms with van der Waals surface area (Å²) in [4.78, 5) is 25.8. The number of allylic oxidation sites excluding steroid dienone is 4. The maximum atomic E-state index is 12.9. The predicted molar refractivity (Wildman–Crippen MR) is 168 cm³/mol. The molecular weight excluding hydrogens is 524 g/mol. The first-order valence-corrected chi connectivity index (χ1v) is 13.5. The van der Waals surface area contributed by atoms with Crippen LogP contribution in [0.1, 0.15) is 31.8 Å². The Balaban J connectivity index is 1.52. The molecule has 4 aromatic rings. The van der Waals surface area contributed by atoms with E-state index in [0.29, 0.717) is 46.7 Å². The number of benzene rings is 4. The van der Waals surface area contributed by atoms with E-state index in [1.165, 1.54) is 24.3 Å². The van der Waals surface area contributed by atoms with Crippen molar-refractivity contribution in [3.05, 3.63) is 179 Å². The molecule has 0 fully saturated rings. The second-order valence-corrected chi connectivity index (χ2v) is 9.30. The monoisotopic (exact) mass is 556 g/mol. The first-order valence-electron chi connectivity index (χ1n) is 13.5. The summed E-state index contributed by atoms with van der Waals surface area (Å²) in [5, 5.41) is 27.8. The predicted octanol–water partition coefficient (Wildman–Crippen LogP) is 6.90. The standard InChI is InChI=1S/C36H32N2O4/c39-33(27-13-5-1-6-14-27)23-31(24-34(40)28-15-7-2-8-16-28)37-21-22-38-32(25-35(41)29-17-9-3-10-18-29)26-36(42)30-19-11-4-12-20-30/h1-20,23-26,37-39,41H,21-22H2/b31-24-,32-26+,33-23-,35-25+. The Morgan fingerprint density at radius 3 is 1.05 bits per heavy atom. The van der Waals surface area contributed by atoms with E-state index in [1.807, 2.05) is 48.5 Å². The first-order chi connectivity index (χ1) is 20.5. The van der Waals surface area contributed by atoms with E-state index < -0.39 is 0 Å². The molecule has 0 aromatic heterocycles. The molecule has 0 saturated carbocycles. The van der Waals surface area contributed by atoms with Crippen LogP contribution in [0.15, 0.2) is 157 Å². The molecule has 0 atom stereocenters. The van der Waals surface area contributed by atoms with Gasteiger partial charge in [-0.3, -0.25) is 9.59 Å². The molecule has 4 N–H and O–H groups in total. The highest BCUT2D eigenvalue weighted by Gasteiger charge is 2.08. The van der Waals surface area contributed by atoms with Crippen LogP contribution in [-0.2, 0) is 0 Å². The van der Waals surface area contributed by atoms with E-state index in [9.17, 15) is 19.8 Å². The van der Waals surface area contributed by atoms with E-state index in [4.69, 9.17) is 0 Å². The van der Waals surface area contributed by atoms with Crippen molar-refractivity contribution >= 4 is 23.1 Å². The fourth-order valence-corrected chi connectivity index (χ4v) is 4.03. The lowest BCUT2D eigenvalue weighted by atomic mass is 10.1. The van der Waals surface area contributed by atoms with Crippen molar-refractivity contribution < 1.29 is 19.8 Å². The lowest BCUT2D eigenvalue weighted by molar-refractivity contribution is 0.103. The van der Waals surface area contributed by atoms with Gasteiger partial charge in [0.1, 0.15) is 11.5 Å². The van der Waals surface area contributed by atoms with Crippen LogP contribution in [0.2, 0.25) is 0 Å². The normalized spacial score (nSPS) is 12.5. The van der Waals surface area contributed by atoms with Crippen molar-refractivity contribution in [1.82, 2.24) is 10.6 Å². The molecule has 0 saturated heterocycles. The van der Waals surface area contributed by atoms with Gasteiger partial charge in [0, 0.05) is 71.0 Å². The van der Waals surface area contributed by atoms with Gasteiger partial charge in [-0.2, -0.15) is 0 Å². The van der Waals surface area contributed by atoms with Gasteiger partial charge in [-0.15, -0.1) is 0 Å². The maximum absolute atomic E-state index is 12.9. The number of nitrogens with one attached hydrogen (secondary N) is 2. The van der Waals surface area contributed by atoms with Crippen LogP contribution in [0.25, 0.3) is 11.5 Å². The Bertz CT molecular complexity index is 1470. The van der Waals surface area contributed by atoms with Gasteiger partial charge in [0.2, 0.25) is 0 Å². The number of carbonyl (C=O) groups excluding carboxylic acids is 2. The number of aliphatic hydroxyl groups excluding tert-OH is 2. The number of hydrogen-bond donors (Lipinski definition) is 4. The minimum Gasteiger partial charge on any atom is -0.507 e. The SMILES string of the molecule is O=C(/C=C(/C=C(\O)c1ccccc1)NCCNC(=C/C(=O)c1ccccc1)/C=C(/O)c1ccccc1)c1ccccc1. The zero-order valence-electron chi connectivity index (χ0n) is 23.0. The molecule has 0 amide bonds. The molecule has 0 aliphatic rings. The zero-order chi connectivity index (χ0) is 29.6. The third-order valence-corrected chi connectivity index (χ3v) is 6.20. The van der Waals surface area contributed by atoms with Crippen LogP contribution in [0.3, 0.4) is 0 Å². The summed E-state index contributed by atoms with van der Waals surface area (Å²) < 4.78 is 0. The molecular formula is C36H32N2O4. The molecule has 0 spiro atoms. The third-order valence-electron chi connectivity index (χ3n) is 6.20. The Morgan fingerprint density at radius 1 is 0.452 bits per heavy atom. The third kappa shape index (κ3) is 8.96. The summed E-state index contributed by atoms with van der Waals surface area (Å²) in [6.07, 6.45) is 5.89. The molecule has 42 heavy (non-hydrogen) atoms. The lowest BCUT2D eigenvalue weighted by Crippen LogP contribution is -2.26. The molecule has 6 heteroatoms. The van der Waals surface area contributed by atoms with Gasteiger partial charge in [0.25, 0.3) is 0 Å². The molecule has 0 aliphatic heterocycles. The van der Waals surface area contributed by atoms with Crippen molar-refractivity contribution in [2.75, 3.05) is 13.1 Å². The van der Waals surface area contributed by atoms with Crippen molar-refractivity contribution in [1.29, 1.82) is 0 Å². The average molecular weight is 557 g/mol. The number of rotatable bonds is 13. The van der Waals surface area contributed by atoms with Gasteiger partial charge in [-0.1, -0.05) is 121 Å². The second-order valence-electron chi connectivity index (χ2n) is 9.30. The Morgan fingerprint density at radius 2 is 0.738 bits per heavy atom. The van der Waals surface area contributed by atoms with Crippen LogP contribution in [0, 0.1) is 0 Å². The summed E-state index contributed by atoms with van der Waals surface area (Å²) in [6.45, 7) is 0.673. The van der Waals surface area contributed by atoms with Gasteiger partial charge < -0.3 is 20.8 Å². The number of carbonyl (C=O) groups is 2. The highest BCUT2D eigenvalue weighted by Crippen LogP contribution is 2.15. The van der Waals surface area contributed by atoms with Crippen molar-refractivity contribution in [3.8, 4) is 0 Å². The Hall–Kier alpha value is -5.62. The molecule has 210 valence electrons. The smallest absolute Gasteiger partial charge is 0.187 e. The number of hydrogen-bond acceptors (Lipinski definition) is 6. The maximum Gasteiger partial charge on any atom is 0.187 e. The second kappa shape index (κ2) is 15.2. The summed E-state index contributed by atoms with van der Waals surface area (Å²) in [6, 6.07) is 35.8. The van der Waals surface area contributed by atoms with Gasteiger partial charge in [0.05, 0.1) is 0 Å². The van der Waals surface area contributed by atoms with E-state index in [1.54, 1.807) is 72.8 Å². The number of ketones is 2. The van der Waals surface area contributed by atoms with Gasteiger partial charge in [0.15, 0.2) is 11.6 Å². The van der Waals surface area contributed by atoms with E-state index in [2.05, 4.69) is 10.6 Å². The van der Waals surface area contributed by atoms with E-state index in [0.717, 1.165) is 0 Å². The van der Waals surface area contributed by atoms with Crippen molar-refractivity contribution in [2.24, 2.45) is 0 Å². The van der Waals surface area contributed by atoms with E-state index >= 15 is 0 Å². The molecule has 4 rings (SSSR count). The van der Waals surface area contributed by atoms with Gasteiger partial charge in [-0.25, -0.2) is 0 Å². The summed E-state index contributed by atoms with van der Waals surface area (Å²) >= 11 is 0. The van der Waals surface area contributed by atoms with Crippen LogP contribution in [-0.4, -0.2) is 34.9 Å². The van der Waals surface area contributed by atoms with Crippen molar-refractivity contribution in [2.45, 2.75) is 0 Å². The van der Waals surface area contributed by atoms with Crippen molar-refractivity contribution in [3.63, 3.8) is 0 Å². The summed E-state index contributed by atoms with van der Waals surface area (Å²) in [5.74, 6) is -0.415. The topological polar surface area (TPSA) is 98.7 Å². The first kappa shape index (κ1) is 29.4. The molecule has 0 aliphatic carbocycles. The summed E-state index contributed by atoms with van der Waals surface area (Å²) in [5.41, 5.74) is 3.10. The van der Waals surface area contributed by atoms with Gasteiger partial charge >= 0.3 is 0 Å². The zero-order valence-corrected chi connectivity index (χ0v) is 23.0. The van der Waals surface area contributed by atoms with Crippen LogP contribution >= 0.6 is 0 Å². The average Bonchev–Trinajstić information content (AvgIpc) is 3.04. The molecule has 4 aromatic carbocycles. The molecule has 6 nitrogen and oxygen atoms in total. The van der Waals surface area contributed by atoms with Crippen LogP contribution in [0.4, 0.5) is 0 Å². The van der Waals surface area contributed by atoms with E-state index in [-0.39, 0.29) is 23.1 Å². The minimum atomic E-state index is -0.215. The van der Waals surface area contributed by atoms with Gasteiger partial charge in [-0.05, 0) is 0 Å². The Kier molecular flexibility index (Phi) is 10.7. The van der Waals surface area contributed by atoms with Crippen LogP contribution in [0.5, 0.6) is 0 Å². The molecule has 0 unspecified atom stereocenters. The molecule has 0 bridgehead atoms. The fraction of sp³-hybridized carbons (Fsp3) is 0.0556. The highest BCUT2D eigenvalue weighted by molar-refractivity contribution is 6.05. The quantitative estimate of drug-likeness (QED) is 0.0470. The minimum absolute atomic E-state index is 0.00734. The highest BCUT2D eigenvalue weighted by atomic mass is 16.3. The fourth-order valence-electron chi connectivity index (χ4n) is 4.03. The molecule has 0 heterocycles. The summed E-state index contributed by atoms with van der Waals surface area (Å²) in [7, 11) is 0. The molecule has 0 radical (unpaired) electrons. The Labute approximate surface area is 245 Å². The van der Waals surface area contributed by atoms with Crippen LogP contribution < -0.4 is 10.6 Å². The lowest BCUT2D eigenvalue weighted by Gasteiger charge is -2.12.